The maximum absolute atomic E-state index is 10.8. The second kappa shape index (κ2) is 8.77. The number of nitrogens with one attached hydrogen (secondary N) is 1. The van der Waals surface area contributed by atoms with Crippen LogP contribution >= 0.6 is 0 Å². The Balaban J connectivity index is 1.95. The molecule has 1 saturated heterocycles. The number of amides is 1. The normalized spacial score (nSPS) is 17.1. The number of hydrogen-bond acceptors (Lipinski definition) is 5. The lowest BCUT2D eigenvalue weighted by Gasteiger charge is -2.31. The fourth-order valence-electron chi connectivity index (χ4n) is 1.51. The highest BCUT2D eigenvalue weighted by molar-refractivity contribution is 5.76. The molecule has 6 heteroatoms. The first kappa shape index (κ1) is 14.8. The van der Waals surface area contributed by atoms with Gasteiger partial charge in [0.15, 0.2) is 0 Å². The van der Waals surface area contributed by atoms with Gasteiger partial charge >= 0.3 is 0 Å². The van der Waals surface area contributed by atoms with Gasteiger partial charge in [-0.05, 0) is 7.05 Å². The minimum absolute atomic E-state index is 0.0854. The fraction of sp³-hybridized carbons (Fsp3) is 0.750. The Labute approximate surface area is 109 Å². The third kappa shape index (κ3) is 6.46. The molecule has 104 valence electrons. The average molecular weight is 257 g/mol. The standard InChI is InChI=1S/C12H23N3O3/c1-13-12(16)11-18-10-9-17-8-7-15-5-3-14(2)4-6-15/h7-8H,3-6,9-11H2,1-2H3,(H,13,16)/b8-7+. The first-order valence-corrected chi connectivity index (χ1v) is 6.21. The SMILES string of the molecule is CNC(=O)COCCO/C=C/N1CCN(C)CC1. The first-order valence-electron chi connectivity index (χ1n) is 6.21. The molecule has 1 rings (SSSR count). The number of rotatable bonds is 7. The number of carbonyl (C=O) groups excluding carboxylic acids is 1. The molecular formula is C12H23N3O3. The van der Waals surface area contributed by atoms with E-state index in [2.05, 4.69) is 22.2 Å². The van der Waals surface area contributed by atoms with Gasteiger partial charge < -0.3 is 24.6 Å². The van der Waals surface area contributed by atoms with Crippen LogP contribution in [0, 0.1) is 0 Å². The molecule has 1 N–H and O–H groups in total. The lowest BCUT2D eigenvalue weighted by Crippen LogP contribution is -2.41. The highest BCUT2D eigenvalue weighted by Crippen LogP contribution is 1.99. The third-order valence-electron chi connectivity index (χ3n) is 2.76. The molecule has 0 aromatic rings. The number of nitrogens with zero attached hydrogens (tertiary/aromatic N) is 2. The van der Waals surface area contributed by atoms with Crippen molar-refractivity contribution in [3.8, 4) is 0 Å². The van der Waals surface area contributed by atoms with Gasteiger partial charge in [0.2, 0.25) is 5.91 Å². The predicted octanol–water partition coefficient (Wildman–Crippen LogP) is -0.516. The maximum Gasteiger partial charge on any atom is 0.245 e. The van der Waals surface area contributed by atoms with Crippen LogP contribution in [-0.2, 0) is 14.3 Å². The van der Waals surface area contributed by atoms with Crippen LogP contribution < -0.4 is 5.32 Å². The van der Waals surface area contributed by atoms with Crippen molar-refractivity contribution in [2.24, 2.45) is 0 Å². The largest absolute Gasteiger partial charge is 0.497 e. The smallest absolute Gasteiger partial charge is 0.245 e. The third-order valence-corrected chi connectivity index (χ3v) is 2.76. The summed E-state index contributed by atoms with van der Waals surface area (Å²) in [5.74, 6) is -0.122. The van der Waals surface area contributed by atoms with Crippen LogP contribution in [0.1, 0.15) is 0 Å². The Morgan fingerprint density at radius 3 is 2.67 bits per heavy atom. The van der Waals surface area contributed by atoms with Crippen LogP contribution in [0.15, 0.2) is 12.5 Å². The quantitative estimate of drug-likeness (QED) is 0.491. The molecule has 1 amide bonds. The molecule has 0 saturated carbocycles. The summed E-state index contributed by atoms with van der Waals surface area (Å²) in [6.45, 7) is 5.19. The molecule has 0 atom stereocenters. The summed E-state index contributed by atoms with van der Waals surface area (Å²) >= 11 is 0. The zero-order chi connectivity index (χ0) is 13.2. The number of likely N-dealkylation sites (N-methyl/N-ethyl adjacent to an activating group) is 2. The lowest BCUT2D eigenvalue weighted by molar-refractivity contribution is -0.125. The summed E-state index contributed by atoms with van der Waals surface area (Å²) < 4.78 is 10.4. The van der Waals surface area contributed by atoms with Crippen molar-refractivity contribution in [2.45, 2.75) is 0 Å². The van der Waals surface area contributed by atoms with E-state index in [4.69, 9.17) is 9.47 Å². The van der Waals surface area contributed by atoms with Gasteiger partial charge in [-0.2, -0.15) is 0 Å². The van der Waals surface area contributed by atoms with E-state index in [1.54, 1.807) is 13.3 Å². The zero-order valence-electron chi connectivity index (χ0n) is 11.2. The minimum atomic E-state index is -0.122. The van der Waals surface area contributed by atoms with Crippen molar-refractivity contribution in [1.82, 2.24) is 15.1 Å². The van der Waals surface area contributed by atoms with E-state index in [-0.39, 0.29) is 12.5 Å². The molecule has 0 unspecified atom stereocenters. The molecular weight excluding hydrogens is 234 g/mol. The number of piperazine rings is 1. The Morgan fingerprint density at radius 2 is 2.00 bits per heavy atom. The van der Waals surface area contributed by atoms with E-state index in [0.29, 0.717) is 13.2 Å². The van der Waals surface area contributed by atoms with Gasteiger partial charge in [-0.3, -0.25) is 4.79 Å². The molecule has 1 heterocycles. The van der Waals surface area contributed by atoms with Crippen molar-refractivity contribution >= 4 is 5.91 Å². The second-order valence-corrected chi connectivity index (χ2v) is 4.22. The topological polar surface area (TPSA) is 54.0 Å². The number of carbonyl (C=O) groups is 1. The summed E-state index contributed by atoms with van der Waals surface area (Å²) in [4.78, 5) is 15.4. The molecule has 6 nitrogen and oxygen atoms in total. The summed E-state index contributed by atoms with van der Waals surface area (Å²) in [6.07, 6.45) is 3.65. The van der Waals surface area contributed by atoms with Crippen LogP contribution in [-0.4, -0.2) is 75.8 Å². The predicted molar refractivity (Wildman–Crippen MR) is 69.0 cm³/mol. The lowest BCUT2D eigenvalue weighted by atomic mass is 10.3. The van der Waals surface area contributed by atoms with Crippen molar-refractivity contribution in [3.63, 3.8) is 0 Å². The van der Waals surface area contributed by atoms with E-state index in [0.717, 1.165) is 26.2 Å². The Bertz CT molecular complexity index is 263. The van der Waals surface area contributed by atoms with Crippen LogP contribution in [0.2, 0.25) is 0 Å². The summed E-state index contributed by atoms with van der Waals surface area (Å²) in [5, 5.41) is 2.48. The molecule has 0 spiro atoms. The van der Waals surface area contributed by atoms with E-state index in [1.807, 2.05) is 6.20 Å². The Hall–Kier alpha value is -1.27. The van der Waals surface area contributed by atoms with Crippen molar-refractivity contribution in [1.29, 1.82) is 0 Å². The molecule has 18 heavy (non-hydrogen) atoms. The second-order valence-electron chi connectivity index (χ2n) is 4.22. The minimum Gasteiger partial charge on any atom is -0.497 e. The summed E-state index contributed by atoms with van der Waals surface area (Å²) in [5.41, 5.74) is 0. The van der Waals surface area contributed by atoms with E-state index < -0.39 is 0 Å². The summed E-state index contributed by atoms with van der Waals surface area (Å²) in [6, 6.07) is 0. The van der Waals surface area contributed by atoms with Crippen LogP contribution in [0.5, 0.6) is 0 Å². The fourth-order valence-corrected chi connectivity index (χ4v) is 1.51. The average Bonchev–Trinajstić information content (AvgIpc) is 2.39. The van der Waals surface area contributed by atoms with Gasteiger partial charge in [0.05, 0.1) is 12.9 Å². The van der Waals surface area contributed by atoms with E-state index in [9.17, 15) is 4.79 Å². The molecule has 0 aromatic heterocycles. The van der Waals surface area contributed by atoms with Gasteiger partial charge in [0.1, 0.15) is 13.2 Å². The highest BCUT2D eigenvalue weighted by Gasteiger charge is 2.09. The maximum atomic E-state index is 10.8. The van der Waals surface area contributed by atoms with Crippen LogP contribution in [0.4, 0.5) is 0 Å². The molecule has 1 aliphatic heterocycles. The van der Waals surface area contributed by atoms with Crippen LogP contribution in [0.25, 0.3) is 0 Å². The van der Waals surface area contributed by atoms with Gasteiger partial charge in [0, 0.05) is 39.4 Å². The van der Waals surface area contributed by atoms with Gasteiger partial charge in [0.25, 0.3) is 0 Å². The molecule has 0 radical (unpaired) electrons. The van der Waals surface area contributed by atoms with Gasteiger partial charge in [-0.15, -0.1) is 0 Å². The molecule has 1 fully saturated rings. The zero-order valence-corrected chi connectivity index (χ0v) is 11.2. The molecule has 1 aliphatic rings. The summed E-state index contributed by atoms with van der Waals surface area (Å²) in [7, 11) is 3.71. The molecule has 0 aliphatic carbocycles. The van der Waals surface area contributed by atoms with Crippen LogP contribution in [0.3, 0.4) is 0 Å². The first-order chi connectivity index (χ1) is 8.72. The van der Waals surface area contributed by atoms with Crippen molar-refractivity contribution in [2.75, 3.05) is 60.1 Å². The highest BCUT2D eigenvalue weighted by atomic mass is 16.5. The number of hydrogen-bond donors (Lipinski definition) is 1. The molecule has 0 bridgehead atoms. The van der Waals surface area contributed by atoms with Gasteiger partial charge in [-0.1, -0.05) is 0 Å². The molecule has 0 aromatic carbocycles. The van der Waals surface area contributed by atoms with Gasteiger partial charge in [-0.25, -0.2) is 0 Å². The Morgan fingerprint density at radius 1 is 1.28 bits per heavy atom. The van der Waals surface area contributed by atoms with Crippen molar-refractivity contribution in [3.05, 3.63) is 12.5 Å². The van der Waals surface area contributed by atoms with E-state index in [1.165, 1.54) is 0 Å². The Kier molecular flexibility index (Phi) is 7.20. The van der Waals surface area contributed by atoms with E-state index >= 15 is 0 Å². The number of ether oxygens (including phenoxy) is 2. The van der Waals surface area contributed by atoms with Crippen molar-refractivity contribution < 1.29 is 14.3 Å². The monoisotopic (exact) mass is 257 g/mol.